The third kappa shape index (κ3) is 3.85. The van der Waals surface area contributed by atoms with Crippen LogP contribution < -0.4 is 10.6 Å². The van der Waals surface area contributed by atoms with Gasteiger partial charge in [-0.25, -0.2) is 9.59 Å². The zero-order valence-corrected chi connectivity index (χ0v) is 17.6. The average molecular weight is 409 g/mol. The molecular formula is C23H28N4O3. The number of ether oxygens (including phenoxy) is 1. The van der Waals surface area contributed by atoms with Crippen molar-refractivity contribution in [2.75, 3.05) is 19.7 Å². The Morgan fingerprint density at radius 1 is 1.20 bits per heavy atom. The van der Waals surface area contributed by atoms with E-state index in [-0.39, 0.29) is 18.7 Å². The fourth-order valence-electron chi connectivity index (χ4n) is 4.25. The van der Waals surface area contributed by atoms with E-state index < -0.39 is 12.0 Å². The number of rotatable bonds is 5. The van der Waals surface area contributed by atoms with Crippen molar-refractivity contribution in [2.24, 2.45) is 0 Å². The molecule has 0 saturated carbocycles. The summed E-state index contributed by atoms with van der Waals surface area (Å²) in [5.74, 6) is -0.404. The molecule has 0 bridgehead atoms. The SMILES string of the molecule is CCOC(=O)C1=C(CN2CCn3cccc3[C@H]2C)NC(=O)N[C@@H]1c1ccc(C)cc1. The largest absolute Gasteiger partial charge is 0.463 e. The van der Waals surface area contributed by atoms with Crippen molar-refractivity contribution in [2.45, 2.75) is 39.4 Å². The highest BCUT2D eigenvalue weighted by Crippen LogP contribution is 2.31. The van der Waals surface area contributed by atoms with Crippen molar-refractivity contribution in [1.82, 2.24) is 20.1 Å². The summed E-state index contributed by atoms with van der Waals surface area (Å²) in [7, 11) is 0. The number of carbonyl (C=O) groups excluding carboxylic acids is 2. The first-order valence-corrected chi connectivity index (χ1v) is 10.4. The molecule has 2 aliphatic heterocycles. The second kappa shape index (κ2) is 8.36. The van der Waals surface area contributed by atoms with Gasteiger partial charge in [-0.05, 0) is 38.5 Å². The molecule has 158 valence electrons. The van der Waals surface area contributed by atoms with Crippen LogP contribution in [0.2, 0.25) is 0 Å². The molecule has 2 amide bonds. The number of nitrogens with zero attached hydrogens (tertiary/aromatic N) is 2. The van der Waals surface area contributed by atoms with Crippen LogP contribution in [0.5, 0.6) is 0 Å². The number of amides is 2. The Balaban J connectivity index is 1.70. The molecule has 30 heavy (non-hydrogen) atoms. The van der Waals surface area contributed by atoms with E-state index in [9.17, 15) is 9.59 Å². The van der Waals surface area contributed by atoms with Gasteiger partial charge in [-0.15, -0.1) is 0 Å². The Kier molecular flexibility index (Phi) is 5.63. The molecule has 1 aromatic carbocycles. The molecule has 0 fully saturated rings. The van der Waals surface area contributed by atoms with Gasteiger partial charge in [0.2, 0.25) is 0 Å². The maximum absolute atomic E-state index is 13.0. The zero-order valence-electron chi connectivity index (χ0n) is 17.6. The molecular weight excluding hydrogens is 380 g/mol. The van der Waals surface area contributed by atoms with Gasteiger partial charge in [0.1, 0.15) is 0 Å². The molecule has 1 aromatic heterocycles. The second-order valence-corrected chi connectivity index (χ2v) is 7.83. The van der Waals surface area contributed by atoms with E-state index in [2.05, 4.69) is 45.4 Å². The number of esters is 1. The molecule has 7 nitrogen and oxygen atoms in total. The summed E-state index contributed by atoms with van der Waals surface area (Å²) in [5.41, 5.74) is 4.28. The Morgan fingerprint density at radius 3 is 2.70 bits per heavy atom. The molecule has 4 rings (SSSR count). The van der Waals surface area contributed by atoms with Gasteiger partial charge in [0.15, 0.2) is 0 Å². The van der Waals surface area contributed by atoms with Gasteiger partial charge in [0.05, 0.1) is 18.2 Å². The summed E-state index contributed by atoms with van der Waals surface area (Å²) < 4.78 is 7.62. The van der Waals surface area contributed by atoms with Crippen LogP contribution in [0, 0.1) is 6.92 Å². The average Bonchev–Trinajstić information content (AvgIpc) is 3.20. The van der Waals surface area contributed by atoms with Crippen LogP contribution in [0.1, 0.15) is 42.8 Å². The normalized spacial score (nSPS) is 21.6. The van der Waals surface area contributed by atoms with Gasteiger partial charge < -0.3 is 19.9 Å². The van der Waals surface area contributed by atoms with E-state index in [0.29, 0.717) is 17.8 Å². The van der Waals surface area contributed by atoms with Crippen LogP contribution in [0.15, 0.2) is 53.9 Å². The van der Waals surface area contributed by atoms with Crippen molar-refractivity contribution < 1.29 is 14.3 Å². The van der Waals surface area contributed by atoms with E-state index >= 15 is 0 Å². The standard InChI is InChI=1S/C23H28N4O3/c1-4-30-22(28)20-18(14-27-13-12-26-11-5-6-19(26)16(27)3)24-23(29)25-21(20)17-9-7-15(2)8-10-17/h5-11,16,21H,4,12-14H2,1-3H3,(H2,24,25,29)/t16-,21-/m1/s1. The predicted molar refractivity (Wildman–Crippen MR) is 114 cm³/mol. The van der Waals surface area contributed by atoms with Crippen molar-refractivity contribution in [3.63, 3.8) is 0 Å². The Hall–Kier alpha value is -3.06. The van der Waals surface area contributed by atoms with E-state index in [1.54, 1.807) is 6.92 Å². The molecule has 0 radical (unpaired) electrons. The first-order valence-electron chi connectivity index (χ1n) is 10.4. The van der Waals surface area contributed by atoms with Gasteiger partial charge in [-0.1, -0.05) is 29.8 Å². The monoisotopic (exact) mass is 408 g/mol. The lowest BCUT2D eigenvalue weighted by Crippen LogP contribution is -2.49. The summed E-state index contributed by atoms with van der Waals surface area (Å²) in [6, 6.07) is 11.3. The Labute approximate surface area is 176 Å². The lowest BCUT2D eigenvalue weighted by atomic mass is 9.94. The minimum atomic E-state index is -0.544. The molecule has 2 aromatic rings. The molecule has 3 heterocycles. The van der Waals surface area contributed by atoms with Crippen molar-refractivity contribution >= 4 is 12.0 Å². The number of benzene rings is 1. The quantitative estimate of drug-likeness (QED) is 0.746. The molecule has 7 heteroatoms. The summed E-state index contributed by atoms with van der Waals surface area (Å²) in [6.45, 7) is 8.40. The molecule has 0 saturated heterocycles. The summed E-state index contributed by atoms with van der Waals surface area (Å²) in [4.78, 5) is 27.7. The molecule has 0 aliphatic carbocycles. The van der Waals surface area contributed by atoms with E-state index in [0.717, 1.165) is 24.2 Å². The minimum absolute atomic E-state index is 0.175. The van der Waals surface area contributed by atoms with Gasteiger partial charge >= 0.3 is 12.0 Å². The fraction of sp³-hybridized carbons (Fsp3) is 0.391. The molecule has 0 spiro atoms. The van der Waals surface area contributed by atoms with Crippen LogP contribution in [0.3, 0.4) is 0 Å². The number of hydrogen-bond acceptors (Lipinski definition) is 4. The summed E-state index contributed by atoms with van der Waals surface area (Å²) >= 11 is 0. The van der Waals surface area contributed by atoms with Gasteiger partial charge in [0, 0.05) is 43.3 Å². The molecule has 2 aliphatic rings. The first kappa shape index (κ1) is 20.2. The third-order valence-corrected chi connectivity index (χ3v) is 5.89. The smallest absolute Gasteiger partial charge is 0.338 e. The number of fused-ring (bicyclic) bond motifs is 1. The Morgan fingerprint density at radius 2 is 1.97 bits per heavy atom. The highest BCUT2D eigenvalue weighted by atomic mass is 16.5. The lowest BCUT2D eigenvalue weighted by Gasteiger charge is -2.37. The van der Waals surface area contributed by atoms with Crippen LogP contribution in [-0.4, -0.2) is 41.2 Å². The van der Waals surface area contributed by atoms with Crippen molar-refractivity contribution in [3.8, 4) is 0 Å². The number of nitrogens with one attached hydrogen (secondary N) is 2. The number of carbonyl (C=O) groups is 2. The second-order valence-electron chi connectivity index (χ2n) is 7.83. The zero-order chi connectivity index (χ0) is 21.3. The van der Waals surface area contributed by atoms with Gasteiger partial charge in [0.25, 0.3) is 0 Å². The van der Waals surface area contributed by atoms with Crippen molar-refractivity contribution in [3.05, 3.63) is 70.7 Å². The fourth-order valence-corrected chi connectivity index (χ4v) is 4.25. The first-order chi connectivity index (χ1) is 14.5. The maximum atomic E-state index is 13.0. The molecule has 0 unspecified atom stereocenters. The van der Waals surface area contributed by atoms with Crippen LogP contribution in [-0.2, 0) is 16.1 Å². The lowest BCUT2D eigenvalue weighted by molar-refractivity contribution is -0.139. The van der Waals surface area contributed by atoms with Crippen molar-refractivity contribution in [1.29, 1.82) is 0 Å². The summed E-state index contributed by atoms with van der Waals surface area (Å²) in [6.07, 6.45) is 2.09. The topological polar surface area (TPSA) is 75.6 Å². The Bertz CT molecular complexity index is 977. The third-order valence-electron chi connectivity index (χ3n) is 5.89. The minimum Gasteiger partial charge on any atom is -0.463 e. The van der Waals surface area contributed by atoms with E-state index in [1.807, 2.05) is 31.2 Å². The molecule has 2 atom stereocenters. The van der Waals surface area contributed by atoms with Gasteiger partial charge in [-0.2, -0.15) is 0 Å². The highest BCUT2D eigenvalue weighted by Gasteiger charge is 2.35. The number of hydrogen-bond donors (Lipinski definition) is 2. The number of aryl methyl sites for hydroxylation is 1. The van der Waals surface area contributed by atoms with E-state index in [4.69, 9.17) is 4.74 Å². The predicted octanol–water partition coefficient (Wildman–Crippen LogP) is 3.04. The van der Waals surface area contributed by atoms with Crippen LogP contribution in [0.25, 0.3) is 0 Å². The van der Waals surface area contributed by atoms with Crippen LogP contribution in [0.4, 0.5) is 4.79 Å². The summed E-state index contributed by atoms with van der Waals surface area (Å²) in [5, 5.41) is 5.78. The molecule has 2 N–H and O–H groups in total. The maximum Gasteiger partial charge on any atom is 0.338 e. The van der Waals surface area contributed by atoms with E-state index in [1.165, 1.54) is 5.69 Å². The number of aromatic nitrogens is 1. The van der Waals surface area contributed by atoms with Crippen LogP contribution >= 0.6 is 0 Å². The highest BCUT2D eigenvalue weighted by molar-refractivity contribution is 5.95. The number of urea groups is 1. The van der Waals surface area contributed by atoms with Gasteiger partial charge in [-0.3, -0.25) is 4.90 Å².